The minimum Gasteiger partial charge on any atom is -0.510 e. The zero-order valence-electron chi connectivity index (χ0n) is 20.9. The average molecular weight is 522 g/mol. The number of hydrogen-bond acceptors (Lipinski definition) is 10. The summed E-state index contributed by atoms with van der Waals surface area (Å²) in [6.07, 6.45) is 3.30. The van der Waals surface area contributed by atoms with E-state index in [0.717, 1.165) is 0 Å². The number of pyridine rings is 1. The van der Waals surface area contributed by atoms with E-state index in [9.17, 15) is 34.8 Å². The van der Waals surface area contributed by atoms with Crippen LogP contribution in [-0.2, 0) is 16.0 Å². The molecule has 38 heavy (non-hydrogen) atoms. The second-order valence-electron chi connectivity index (χ2n) is 10.0. The summed E-state index contributed by atoms with van der Waals surface area (Å²) in [5.74, 6) is -6.41. The molecule has 0 spiro atoms. The molecular weight excluding hydrogens is 494 g/mol. The third-order valence-electron chi connectivity index (χ3n) is 7.90. The van der Waals surface area contributed by atoms with E-state index in [2.05, 4.69) is 4.98 Å². The number of Topliss-reactive ketones (excluding diaryl/α,β-unsaturated/α-hetero) is 2. The van der Waals surface area contributed by atoms with Crippen LogP contribution in [-0.4, -0.2) is 80.6 Å². The van der Waals surface area contributed by atoms with Crippen molar-refractivity contribution in [3.05, 3.63) is 64.4 Å². The number of aliphatic hydroxyl groups excluding tert-OH is 2. The highest BCUT2D eigenvalue weighted by Gasteiger charge is 2.63. The first-order valence-corrected chi connectivity index (χ1v) is 11.9. The van der Waals surface area contributed by atoms with Gasteiger partial charge in [0.1, 0.15) is 28.6 Å². The van der Waals surface area contributed by atoms with Crippen LogP contribution >= 0.6 is 0 Å². The fraction of sp³-hybridized carbons (Fsp3) is 0.333. The number of carbonyl (C=O) groups excluding carboxylic acids is 3. The van der Waals surface area contributed by atoms with Crippen molar-refractivity contribution in [2.45, 2.75) is 24.5 Å². The number of benzene rings is 1. The molecule has 2 aromatic rings. The predicted octanol–water partition coefficient (Wildman–Crippen LogP) is 1.19. The van der Waals surface area contributed by atoms with Gasteiger partial charge < -0.3 is 30.9 Å². The van der Waals surface area contributed by atoms with Crippen molar-refractivity contribution in [3.8, 4) is 22.6 Å². The standard InChI is InChI=1S/C27H27N3O8/c1-30(2)21-15-9-11-8-13-12(14-10-29-7-6-17(14)38-3)4-5-16(31)19(13)22(32)18(11)24(34)27(15,37)25(35)20(23(21)33)26(28)36/h4-7,10-11,15,21,31,33-34,37H,8-9H2,1-3H3,(H2,28,36)/t11-,15-,21?,27-/m0/s1. The van der Waals surface area contributed by atoms with Crippen LogP contribution in [0.3, 0.4) is 0 Å². The van der Waals surface area contributed by atoms with Gasteiger partial charge in [-0.2, -0.15) is 0 Å². The van der Waals surface area contributed by atoms with Gasteiger partial charge in [-0.15, -0.1) is 0 Å². The Morgan fingerprint density at radius 3 is 2.50 bits per heavy atom. The largest absolute Gasteiger partial charge is 0.510 e. The van der Waals surface area contributed by atoms with E-state index in [1.807, 2.05) is 0 Å². The Labute approximate surface area is 217 Å². The molecule has 4 atom stereocenters. The van der Waals surface area contributed by atoms with E-state index in [4.69, 9.17) is 10.5 Å². The number of carbonyl (C=O) groups is 3. The molecule has 1 heterocycles. The number of hydrogen-bond donors (Lipinski definition) is 5. The summed E-state index contributed by atoms with van der Waals surface area (Å²) in [4.78, 5) is 44.9. The quantitative estimate of drug-likeness (QED) is 0.366. The lowest BCUT2D eigenvalue weighted by Gasteiger charge is -2.50. The third kappa shape index (κ3) is 3.28. The molecule has 0 aliphatic heterocycles. The number of nitrogens with two attached hydrogens (primary N) is 1. The molecule has 5 rings (SSSR count). The van der Waals surface area contributed by atoms with E-state index in [1.165, 1.54) is 18.1 Å². The molecule has 1 aromatic heterocycles. The number of aromatic nitrogens is 1. The molecule has 6 N–H and O–H groups in total. The first-order chi connectivity index (χ1) is 17.9. The number of likely N-dealkylation sites (N-methyl/N-ethyl adjacent to an activating group) is 1. The molecule has 0 saturated carbocycles. The van der Waals surface area contributed by atoms with Crippen molar-refractivity contribution >= 4 is 17.5 Å². The van der Waals surface area contributed by atoms with E-state index >= 15 is 0 Å². The number of rotatable bonds is 4. The summed E-state index contributed by atoms with van der Waals surface area (Å²) in [7, 11) is 4.66. The lowest BCUT2D eigenvalue weighted by atomic mass is 9.58. The highest BCUT2D eigenvalue weighted by Crippen LogP contribution is 2.53. The molecule has 0 radical (unpaired) electrons. The van der Waals surface area contributed by atoms with Gasteiger partial charge in [0.15, 0.2) is 11.4 Å². The molecule has 1 unspecified atom stereocenters. The van der Waals surface area contributed by atoms with Crippen molar-refractivity contribution in [2.75, 3.05) is 21.2 Å². The number of phenolic OH excluding ortho intramolecular Hbond substituents is 1. The van der Waals surface area contributed by atoms with Crippen molar-refractivity contribution in [1.82, 2.24) is 9.88 Å². The maximum atomic E-state index is 13.8. The molecule has 0 saturated heterocycles. The Morgan fingerprint density at radius 1 is 1.16 bits per heavy atom. The van der Waals surface area contributed by atoms with Gasteiger partial charge in [-0.05, 0) is 56.1 Å². The zero-order chi connectivity index (χ0) is 27.7. The van der Waals surface area contributed by atoms with Crippen LogP contribution in [0, 0.1) is 11.8 Å². The summed E-state index contributed by atoms with van der Waals surface area (Å²) in [5.41, 5.74) is 3.23. The molecule has 198 valence electrons. The maximum absolute atomic E-state index is 13.8. The maximum Gasteiger partial charge on any atom is 0.255 e. The van der Waals surface area contributed by atoms with Crippen LogP contribution in [0.5, 0.6) is 11.5 Å². The van der Waals surface area contributed by atoms with Crippen molar-refractivity contribution in [3.63, 3.8) is 0 Å². The van der Waals surface area contributed by atoms with Gasteiger partial charge in [-0.25, -0.2) is 0 Å². The van der Waals surface area contributed by atoms with Crippen LogP contribution < -0.4 is 10.5 Å². The Balaban J connectivity index is 1.74. The summed E-state index contributed by atoms with van der Waals surface area (Å²) < 4.78 is 5.47. The number of phenols is 1. The SMILES string of the molecule is COc1ccncc1-c1ccc(O)c2c1C[C@H]1C[C@H]3C(N(C)C)C(O)=C(C(N)=O)C(=O)[C@@]3(O)C(O)=C1C2=O. The summed E-state index contributed by atoms with van der Waals surface area (Å²) >= 11 is 0. The average Bonchev–Trinajstić information content (AvgIpc) is 2.86. The van der Waals surface area contributed by atoms with E-state index in [1.54, 1.807) is 38.6 Å². The molecule has 11 heteroatoms. The van der Waals surface area contributed by atoms with Gasteiger partial charge in [0.25, 0.3) is 5.91 Å². The number of allylic oxidation sites excluding steroid dienone is 1. The molecule has 1 aromatic carbocycles. The smallest absolute Gasteiger partial charge is 0.255 e. The van der Waals surface area contributed by atoms with Gasteiger partial charge in [0.05, 0.1) is 18.7 Å². The van der Waals surface area contributed by atoms with Crippen LogP contribution in [0.1, 0.15) is 22.3 Å². The molecule has 0 bridgehead atoms. The molecule has 0 fully saturated rings. The summed E-state index contributed by atoms with van der Waals surface area (Å²) in [6.45, 7) is 0. The first-order valence-electron chi connectivity index (χ1n) is 11.9. The zero-order valence-corrected chi connectivity index (χ0v) is 20.9. The minimum absolute atomic E-state index is 0.00499. The van der Waals surface area contributed by atoms with Gasteiger partial charge in [-0.3, -0.25) is 24.3 Å². The van der Waals surface area contributed by atoms with Gasteiger partial charge in [0, 0.05) is 29.4 Å². The van der Waals surface area contributed by atoms with Crippen molar-refractivity contribution in [1.29, 1.82) is 0 Å². The Kier molecular flexibility index (Phi) is 5.80. The number of aromatic hydroxyl groups is 1. The molecular formula is C27H27N3O8. The highest BCUT2D eigenvalue weighted by atomic mass is 16.5. The van der Waals surface area contributed by atoms with E-state index in [0.29, 0.717) is 22.4 Å². The van der Waals surface area contributed by atoms with E-state index < -0.39 is 58.0 Å². The lowest BCUT2D eigenvalue weighted by molar-refractivity contribution is -0.148. The Hall–Kier alpha value is -4.22. The van der Waals surface area contributed by atoms with Gasteiger partial charge >= 0.3 is 0 Å². The number of nitrogens with zero attached hydrogens (tertiary/aromatic N) is 2. The van der Waals surface area contributed by atoms with Crippen LogP contribution in [0.15, 0.2) is 53.3 Å². The number of aliphatic hydroxyl groups is 3. The molecule has 3 aliphatic carbocycles. The topological polar surface area (TPSA) is 184 Å². The normalized spacial score (nSPS) is 26.7. The number of ketones is 2. The number of primary amides is 1. The van der Waals surface area contributed by atoms with Crippen molar-refractivity contribution in [2.24, 2.45) is 17.6 Å². The second-order valence-corrected chi connectivity index (χ2v) is 10.0. The molecule has 1 amide bonds. The first kappa shape index (κ1) is 25.4. The number of amides is 1. The van der Waals surface area contributed by atoms with Crippen LogP contribution in [0.2, 0.25) is 0 Å². The Bertz CT molecular complexity index is 1480. The lowest BCUT2D eigenvalue weighted by Crippen LogP contribution is -2.63. The monoisotopic (exact) mass is 521 g/mol. The third-order valence-corrected chi connectivity index (χ3v) is 7.90. The van der Waals surface area contributed by atoms with Crippen LogP contribution in [0.4, 0.5) is 0 Å². The van der Waals surface area contributed by atoms with Gasteiger partial charge in [-0.1, -0.05) is 6.07 Å². The summed E-state index contributed by atoms with van der Waals surface area (Å²) in [6, 6.07) is 3.60. The minimum atomic E-state index is -2.68. The highest BCUT2D eigenvalue weighted by molar-refractivity contribution is 6.24. The number of methoxy groups -OCH3 is 1. The van der Waals surface area contributed by atoms with Crippen LogP contribution in [0.25, 0.3) is 11.1 Å². The Morgan fingerprint density at radius 2 is 1.87 bits per heavy atom. The predicted molar refractivity (Wildman–Crippen MR) is 133 cm³/mol. The fourth-order valence-corrected chi connectivity index (χ4v) is 6.26. The molecule has 3 aliphatic rings. The van der Waals surface area contributed by atoms with E-state index in [-0.39, 0.29) is 29.7 Å². The number of ether oxygens (including phenoxy) is 1. The number of fused-ring (bicyclic) bond motifs is 3. The van der Waals surface area contributed by atoms with Gasteiger partial charge in [0.2, 0.25) is 5.78 Å². The fourth-order valence-electron chi connectivity index (χ4n) is 6.26. The molecule has 11 nitrogen and oxygen atoms in total. The second kappa shape index (κ2) is 8.67. The van der Waals surface area contributed by atoms with Crippen molar-refractivity contribution < 1.29 is 39.5 Å². The summed E-state index contributed by atoms with van der Waals surface area (Å²) in [5, 5.41) is 44.6.